The fourth-order valence-electron chi connectivity index (χ4n) is 1.66. The molecule has 0 saturated carbocycles. The van der Waals surface area contributed by atoms with Crippen molar-refractivity contribution in [3.63, 3.8) is 0 Å². The maximum atomic E-state index is 3.48. The Bertz CT molecular complexity index is 409. The second-order valence-corrected chi connectivity index (χ2v) is 4.64. The first-order chi connectivity index (χ1) is 7.18. The summed E-state index contributed by atoms with van der Waals surface area (Å²) in [5, 5.41) is 4.30. The highest BCUT2D eigenvalue weighted by Crippen LogP contribution is 2.18. The van der Waals surface area contributed by atoms with Gasteiger partial charge in [-0.3, -0.25) is 4.68 Å². The van der Waals surface area contributed by atoms with Crippen molar-refractivity contribution in [1.82, 2.24) is 4.68 Å². The highest BCUT2D eigenvalue weighted by atomic mass is 32.1. The van der Waals surface area contributed by atoms with Gasteiger partial charge in [-0.1, -0.05) is 0 Å². The van der Waals surface area contributed by atoms with Gasteiger partial charge in [0.25, 0.3) is 0 Å². The van der Waals surface area contributed by atoms with Gasteiger partial charge < -0.3 is 5.43 Å². The van der Waals surface area contributed by atoms with Crippen LogP contribution in [-0.4, -0.2) is 4.68 Å². The lowest BCUT2D eigenvalue weighted by molar-refractivity contribution is 0.701. The highest BCUT2D eigenvalue weighted by molar-refractivity contribution is 7.07. The van der Waals surface area contributed by atoms with Crippen LogP contribution in [0.15, 0.2) is 29.0 Å². The van der Waals surface area contributed by atoms with Crippen LogP contribution in [0.1, 0.15) is 29.9 Å². The number of hydrogen-bond donors (Lipinski definition) is 1. The molecule has 0 saturated heterocycles. The van der Waals surface area contributed by atoms with Crippen LogP contribution in [0.5, 0.6) is 0 Å². The van der Waals surface area contributed by atoms with Crippen LogP contribution in [0, 0.1) is 13.8 Å². The van der Waals surface area contributed by atoms with Crippen molar-refractivity contribution in [3.8, 4) is 0 Å². The molecule has 0 fully saturated rings. The minimum atomic E-state index is 0.348. The fourth-order valence-corrected chi connectivity index (χ4v) is 2.42. The van der Waals surface area contributed by atoms with Gasteiger partial charge in [-0.2, -0.15) is 11.3 Å². The quantitative estimate of drug-likeness (QED) is 0.838. The molecule has 0 aliphatic rings. The van der Waals surface area contributed by atoms with E-state index in [9.17, 15) is 0 Å². The summed E-state index contributed by atoms with van der Waals surface area (Å²) in [6.07, 6.45) is 0. The summed E-state index contributed by atoms with van der Waals surface area (Å²) in [7, 11) is 0. The van der Waals surface area contributed by atoms with Gasteiger partial charge in [0.05, 0.1) is 6.04 Å². The van der Waals surface area contributed by atoms with Crippen molar-refractivity contribution in [2.45, 2.75) is 26.8 Å². The van der Waals surface area contributed by atoms with Crippen LogP contribution < -0.4 is 5.43 Å². The van der Waals surface area contributed by atoms with Crippen LogP contribution in [0.4, 0.5) is 0 Å². The lowest BCUT2D eigenvalue weighted by Gasteiger charge is -2.18. The number of nitrogens with zero attached hydrogens (tertiary/aromatic N) is 1. The van der Waals surface area contributed by atoms with Crippen molar-refractivity contribution >= 4 is 11.3 Å². The number of aromatic nitrogens is 1. The zero-order valence-corrected chi connectivity index (χ0v) is 10.1. The molecule has 0 aliphatic carbocycles. The highest BCUT2D eigenvalue weighted by Gasteiger charge is 2.07. The maximum Gasteiger partial charge on any atom is 0.0653 e. The zero-order chi connectivity index (χ0) is 10.8. The van der Waals surface area contributed by atoms with Gasteiger partial charge >= 0.3 is 0 Å². The minimum absolute atomic E-state index is 0.348. The molecule has 2 aromatic heterocycles. The van der Waals surface area contributed by atoms with E-state index in [2.05, 4.69) is 59.8 Å². The van der Waals surface area contributed by atoms with E-state index < -0.39 is 0 Å². The first kappa shape index (κ1) is 10.3. The van der Waals surface area contributed by atoms with Crippen molar-refractivity contribution in [3.05, 3.63) is 45.9 Å². The van der Waals surface area contributed by atoms with E-state index in [4.69, 9.17) is 0 Å². The summed E-state index contributed by atoms with van der Waals surface area (Å²) >= 11 is 1.74. The largest absolute Gasteiger partial charge is 0.319 e. The fraction of sp³-hybridized carbons (Fsp3) is 0.333. The van der Waals surface area contributed by atoms with E-state index in [1.165, 1.54) is 17.0 Å². The molecule has 0 amide bonds. The molecule has 2 heterocycles. The molecule has 15 heavy (non-hydrogen) atoms. The van der Waals surface area contributed by atoms with Crippen molar-refractivity contribution in [1.29, 1.82) is 0 Å². The first-order valence-electron chi connectivity index (χ1n) is 5.12. The van der Waals surface area contributed by atoms with Gasteiger partial charge in [0.2, 0.25) is 0 Å². The van der Waals surface area contributed by atoms with Gasteiger partial charge in [0.15, 0.2) is 0 Å². The molecule has 80 valence electrons. The van der Waals surface area contributed by atoms with Crippen LogP contribution in [0.2, 0.25) is 0 Å². The van der Waals surface area contributed by atoms with E-state index in [1.807, 2.05) is 0 Å². The summed E-state index contributed by atoms with van der Waals surface area (Å²) in [4.78, 5) is 0. The Hall–Kier alpha value is -1.22. The number of nitrogens with one attached hydrogen (secondary N) is 1. The molecule has 2 aromatic rings. The van der Waals surface area contributed by atoms with Gasteiger partial charge in [0.1, 0.15) is 0 Å². The second-order valence-electron chi connectivity index (χ2n) is 3.86. The van der Waals surface area contributed by atoms with Crippen molar-refractivity contribution in [2.75, 3.05) is 5.43 Å². The molecule has 1 N–H and O–H groups in total. The molecule has 2 nitrogen and oxygen atoms in total. The Balaban J connectivity index is 2.16. The van der Waals surface area contributed by atoms with Gasteiger partial charge in [0, 0.05) is 11.4 Å². The van der Waals surface area contributed by atoms with Crippen LogP contribution in [0.25, 0.3) is 0 Å². The average Bonchev–Trinajstić information content (AvgIpc) is 2.82. The summed E-state index contributed by atoms with van der Waals surface area (Å²) in [5.74, 6) is 0. The van der Waals surface area contributed by atoms with E-state index >= 15 is 0 Å². The topological polar surface area (TPSA) is 17.0 Å². The molecule has 0 aliphatic heterocycles. The smallest absolute Gasteiger partial charge is 0.0653 e. The monoisotopic (exact) mass is 220 g/mol. The molecule has 0 bridgehead atoms. The normalized spacial score (nSPS) is 12.7. The Morgan fingerprint density at radius 1 is 1.20 bits per heavy atom. The van der Waals surface area contributed by atoms with Gasteiger partial charge in [-0.05, 0) is 55.3 Å². The Morgan fingerprint density at radius 3 is 2.40 bits per heavy atom. The third kappa shape index (κ3) is 2.07. The molecule has 1 atom stereocenters. The number of rotatable bonds is 3. The maximum absolute atomic E-state index is 3.48. The van der Waals surface area contributed by atoms with E-state index in [0.717, 1.165) is 0 Å². The van der Waals surface area contributed by atoms with Crippen LogP contribution in [0.3, 0.4) is 0 Å². The standard InChI is InChI=1S/C12H16N2S/c1-9-4-5-10(2)14(9)13-11(3)12-6-7-15-8-12/h4-8,11,13H,1-3H3. The van der Waals surface area contributed by atoms with Crippen LogP contribution in [-0.2, 0) is 0 Å². The van der Waals surface area contributed by atoms with Gasteiger partial charge in [-0.15, -0.1) is 0 Å². The molecule has 3 heteroatoms. The minimum Gasteiger partial charge on any atom is -0.319 e. The average molecular weight is 220 g/mol. The predicted molar refractivity (Wildman–Crippen MR) is 66.0 cm³/mol. The summed E-state index contributed by atoms with van der Waals surface area (Å²) in [6, 6.07) is 6.77. The van der Waals surface area contributed by atoms with Gasteiger partial charge in [-0.25, -0.2) is 0 Å². The first-order valence-corrected chi connectivity index (χ1v) is 6.06. The molecule has 2 rings (SSSR count). The Morgan fingerprint density at radius 2 is 1.87 bits per heavy atom. The molecular formula is C12H16N2S. The van der Waals surface area contributed by atoms with E-state index in [0.29, 0.717) is 6.04 Å². The summed E-state index contributed by atoms with van der Waals surface area (Å²) in [5.41, 5.74) is 7.31. The number of aryl methyl sites for hydroxylation is 2. The van der Waals surface area contributed by atoms with Crippen LogP contribution >= 0.6 is 11.3 Å². The Kier molecular flexibility index (Phi) is 2.82. The molecule has 1 unspecified atom stereocenters. The molecular weight excluding hydrogens is 204 g/mol. The molecule has 0 spiro atoms. The summed E-state index contributed by atoms with van der Waals surface area (Å²) < 4.78 is 2.14. The SMILES string of the molecule is Cc1ccc(C)n1NC(C)c1ccsc1. The molecule has 0 radical (unpaired) electrons. The lowest BCUT2D eigenvalue weighted by Crippen LogP contribution is -2.20. The van der Waals surface area contributed by atoms with Crippen molar-refractivity contribution in [2.24, 2.45) is 0 Å². The lowest BCUT2D eigenvalue weighted by atomic mass is 10.2. The third-order valence-corrected chi connectivity index (χ3v) is 3.34. The number of thiophene rings is 1. The predicted octanol–water partition coefficient (Wildman–Crippen LogP) is 3.47. The third-order valence-electron chi connectivity index (χ3n) is 2.64. The Labute approximate surface area is 94.5 Å². The van der Waals surface area contributed by atoms with E-state index in [1.54, 1.807) is 11.3 Å². The van der Waals surface area contributed by atoms with E-state index in [-0.39, 0.29) is 0 Å². The summed E-state index contributed by atoms with van der Waals surface area (Å²) in [6.45, 7) is 6.40. The van der Waals surface area contributed by atoms with Crippen molar-refractivity contribution < 1.29 is 0 Å². The zero-order valence-electron chi connectivity index (χ0n) is 9.32. The molecule has 0 aromatic carbocycles. The second kappa shape index (κ2) is 4.11. The number of hydrogen-bond acceptors (Lipinski definition) is 2.